The van der Waals surface area contributed by atoms with Crippen LogP contribution < -0.4 is 5.32 Å². The fraction of sp³-hybridized carbons (Fsp3) is 0.385. The summed E-state index contributed by atoms with van der Waals surface area (Å²) in [7, 11) is 0. The highest BCUT2D eigenvalue weighted by Gasteiger charge is 2.48. The second-order valence-electron chi connectivity index (χ2n) is 4.94. The first kappa shape index (κ1) is 13.2. The van der Waals surface area contributed by atoms with Crippen LogP contribution in [-0.2, 0) is 4.79 Å². The lowest BCUT2D eigenvalue weighted by molar-refractivity contribution is -0.144. The van der Waals surface area contributed by atoms with E-state index in [2.05, 4.69) is 5.32 Å². The number of carbonyl (C=O) groups is 2. The van der Waals surface area contributed by atoms with E-state index in [0.717, 1.165) is 18.9 Å². The van der Waals surface area contributed by atoms with Crippen molar-refractivity contribution in [3.8, 4) is 11.5 Å². The summed E-state index contributed by atoms with van der Waals surface area (Å²) in [5.41, 5.74) is -1.20. The molecule has 1 atom stereocenters. The molecule has 1 aromatic rings. The Morgan fingerprint density at radius 3 is 2.37 bits per heavy atom. The van der Waals surface area contributed by atoms with Gasteiger partial charge >= 0.3 is 5.97 Å². The van der Waals surface area contributed by atoms with Crippen molar-refractivity contribution in [2.75, 3.05) is 0 Å². The Kier molecular flexibility index (Phi) is 3.09. The number of hydrogen-bond donors (Lipinski definition) is 4. The number of nitrogens with one attached hydrogen (secondary N) is 1. The largest absolute Gasteiger partial charge is 0.504 e. The first-order valence-corrected chi connectivity index (χ1v) is 5.92. The van der Waals surface area contributed by atoms with Crippen LogP contribution in [0.1, 0.15) is 30.1 Å². The molecule has 0 spiro atoms. The number of carbonyl (C=O) groups excluding carboxylic acids is 1. The zero-order valence-electron chi connectivity index (χ0n) is 10.4. The van der Waals surface area contributed by atoms with Gasteiger partial charge in [-0.1, -0.05) is 0 Å². The summed E-state index contributed by atoms with van der Waals surface area (Å²) < 4.78 is 0. The molecule has 1 saturated carbocycles. The van der Waals surface area contributed by atoms with Crippen molar-refractivity contribution in [1.82, 2.24) is 5.32 Å². The third-order valence-corrected chi connectivity index (χ3v) is 3.45. The van der Waals surface area contributed by atoms with Crippen LogP contribution >= 0.6 is 0 Å². The minimum Gasteiger partial charge on any atom is -0.504 e. The molecule has 0 saturated heterocycles. The van der Waals surface area contributed by atoms with Gasteiger partial charge in [-0.05, 0) is 43.9 Å². The lowest BCUT2D eigenvalue weighted by atomic mass is 9.95. The Bertz CT molecular complexity index is 538. The summed E-state index contributed by atoms with van der Waals surface area (Å²) in [6.07, 6.45) is 1.54. The number of amides is 1. The number of hydrogen-bond acceptors (Lipinski definition) is 4. The van der Waals surface area contributed by atoms with E-state index in [4.69, 9.17) is 5.11 Å². The molecule has 1 fully saturated rings. The van der Waals surface area contributed by atoms with Crippen LogP contribution in [0.5, 0.6) is 11.5 Å². The number of aliphatic carboxylic acids is 1. The standard InChI is InChI=1S/C13H15NO5/c1-13(12(18)19,8-3-4-8)14-11(17)7-2-5-9(15)10(16)6-7/h2,5-6,8,15-16H,3-4H2,1H3,(H,14,17)(H,18,19). The van der Waals surface area contributed by atoms with Gasteiger partial charge in [0, 0.05) is 5.56 Å². The van der Waals surface area contributed by atoms with Crippen molar-refractivity contribution < 1.29 is 24.9 Å². The van der Waals surface area contributed by atoms with Gasteiger partial charge in [-0.2, -0.15) is 0 Å². The molecule has 102 valence electrons. The number of carboxylic acid groups (broad SMARTS) is 1. The fourth-order valence-corrected chi connectivity index (χ4v) is 1.96. The minimum atomic E-state index is -1.30. The van der Waals surface area contributed by atoms with Gasteiger partial charge in [0.05, 0.1) is 0 Å². The highest BCUT2D eigenvalue weighted by molar-refractivity contribution is 5.98. The third kappa shape index (κ3) is 2.47. The molecule has 6 nitrogen and oxygen atoms in total. The molecule has 19 heavy (non-hydrogen) atoms. The summed E-state index contributed by atoms with van der Waals surface area (Å²) >= 11 is 0. The quantitative estimate of drug-likeness (QED) is 0.609. The number of benzene rings is 1. The number of phenolic OH excluding ortho intramolecular Hbond substituents is 2. The maximum atomic E-state index is 12.0. The van der Waals surface area contributed by atoms with Gasteiger partial charge in [0.15, 0.2) is 11.5 Å². The molecule has 0 heterocycles. The zero-order valence-corrected chi connectivity index (χ0v) is 10.4. The lowest BCUT2D eigenvalue weighted by Crippen LogP contribution is -2.54. The van der Waals surface area contributed by atoms with E-state index in [0.29, 0.717) is 0 Å². The lowest BCUT2D eigenvalue weighted by Gasteiger charge is -2.26. The molecule has 0 bridgehead atoms. The van der Waals surface area contributed by atoms with Gasteiger partial charge in [0.25, 0.3) is 5.91 Å². The van der Waals surface area contributed by atoms with Crippen LogP contribution in [0, 0.1) is 5.92 Å². The van der Waals surface area contributed by atoms with Gasteiger partial charge in [-0.25, -0.2) is 4.79 Å². The van der Waals surface area contributed by atoms with Crippen LogP contribution in [0.3, 0.4) is 0 Å². The Hall–Kier alpha value is -2.24. The van der Waals surface area contributed by atoms with E-state index < -0.39 is 23.2 Å². The van der Waals surface area contributed by atoms with Crippen molar-refractivity contribution in [2.24, 2.45) is 5.92 Å². The van der Waals surface area contributed by atoms with Crippen molar-refractivity contribution in [2.45, 2.75) is 25.3 Å². The van der Waals surface area contributed by atoms with Crippen LogP contribution in [0.15, 0.2) is 18.2 Å². The smallest absolute Gasteiger partial charge is 0.329 e. The SMILES string of the molecule is CC(NC(=O)c1ccc(O)c(O)c1)(C(=O)O)C1CC1. The van der Waals surface area contributed by atoms with E-state index in [1.165, 1.54) is 19.1 Å². The molecule has 0 aromatic heterocycles. The van der Waals surface area contributed by atoms with Crippen LogP contribution in [0.4, 0.5) is 0 Å². The molecule has 1 amide bonds. The first-order valence-electron chi connectivity index (χ1n) is 5.92. The Labute approximate surface area is 109 Å². The van der Waals surface area contributed by atoms with E-state index >= 15 is 0 Å². The molecule has 1 aliphatic rings. The predicted molar refractivity (Wildman–Crippen MR) is 66.0 cm³/mol. The summed E-state index contributed by atoms with van der Waals surface area (Å²) in [4.78, 5) is 23.3. The predicted octanol–water partition coefficient (Wildman–Crippen LogP) is 1.08. The van der Waals surface area contributed by atoms with Crippen molar-refractivity contribution in [3.05, 3.63) is 23.8 Å². The summed E-state index contributed by atoms with van der Waals surface area (Å²) in [6, 6.07) is 3.60. The topological polar surface area (TPSA) is 107 Å². The van der Waals surface area contributed by atoms with E-state index in [1.807, 2.05) is 0 Å². The normalized spacial score (nSPS) is 17.5. The van der Waals surface area contributed by atoms with Gasteiger partial charge < -0.3 is 20.6 Å². The minimum absolute atomic E-state index is 0.0698. The second-order valence-corrected chi connectivity index (χ2v) is 4.94. The first-order chi connectivity index (χ1) is 8.84. The summed E-state index contributed by atoms with van der Waals surface area (Å²) in [5, 5.41) is 30.2. The van der Waals surface area contributed by atoms with Gasteiger partial charge in [-0.3, -0.25) is 4.79 Å². The zero-order chi connectivity index (χ0) is 14.2. The Morgan fingerprint density at radius 1 is 1.26 bits per heavy atom. The number of carboxylic acids is 1. The highest BCUT2D eigenvalue weighted by Crippen LogP contribution is 2.40. The molecular formula is C13H15NO5. The third-order valence-electron chi connectivity index (χ3n) is 3.45. The summed E-state index contributed by atoms with van der Waals surface area (Å²) in [6.45, 7) is 1.48. The average Bonchev–Trinajstić information content (AvgIpc) is 3.16. The fourth-order valence-electron chi connectivity index (χ4n) is 1.96. The molecule has 1 aromatic carbocycles. The van der Waals surface area contributed by atoms with E-state index in [-0.39, 0.29) is 17.2 Å². The molecule has 0 radical (unpaired) electrons. The van der Waals surface area contributed by atoms with Gasteiger partial charge in [0.1, 0.15) is 5.54 Å². The molecular weight excluding hydrogens is 250 g/mol. The monoisotopic (exact) mass is 265 g/mol. The maximum absolute atomic E-state index is 12.0. The number of aromatic hydroxyl groups is 2. The molecule has 1 unspecified atom stereocenters. The maximum Gasteiger partial charge on any atom is 0.329 e. The second kappa shape index (κ2) is 4.46. The molecule has 0 aliphatic heterocycles. The van der Waals surface area contributed by atoms with Gasteiger partial charge in [-0.15, -0.1) is 0 Å². The van der Waals surface area contributed by atoms with Crippen molar-refractivity contribution >= 4 is 11.9 Å². The number of rotatable bonds is 4. The number of phenols is 2. The average molecular weight is 265 g/mol. The van der Waals surface area contributed by atoms with Gasteiger partial charge in [0.2, 0.25) is 0 Å². The molecule has 2 rings (SSSR count). The summed E-state index contributed by atoms with van der Waals surface area (Å²) in [5.74, 6) is -2.49. The van der Waals surface area contributed by atoms with Crippen LogP contribution in [0.2, 0.25) is 0 Å². The van der Waals surface area contributed by atoms with Crippen molar-refractivity contribution in [3.63, 3.8) is 0 Å². The Balaban J connectivity index is 2.20. The molecule has 4 N–H and O–H groups in total. The Morgan fingerprint density at radius 2 is 1.89 bits per heavy atom. The highest BCUT2D eigenvalue weighted by atomic mass is 16.4. The van der Waals surface area contributed by atoms with E-state index in [9.17, 15) is 19.8 Å². The van der Waals surface area contributed by atoms with Crippen molar-refractivity contribution in [1.29, 1.82) is 0 Å². The van der Waals surface area contributed by atoms with Crippen LogP contribution in [-0.4, -0.2) is 32.7 Å². The van der Waals surface area contributed by atoms with Crippen LogP contribution in [0.25, 0.3) is 0 Å². The van der Waals surface area contributed by atoms with E-state index in [1.54, 1.807) is 0 Å². The molecule has 1 aliphatic carbocycles. The molecule has 6 heteroatoms.